The van der Waals surface area contributed by atoms with Crippen LogP contribution in [0.4, 0.5) is 11.4 Å². The van der Waals surface area contributed by atoms with Crippen molar-refractivity contribution >= 4 is 11.4 Å². The molecule has 92 valence electrons. The van der Waals surface area contributed by atoms with Crippen LogP contribution in [-0.4, -0.2) is 17.5 Å². The van der Waals surface area contributed by atoms with Gasteiger partial charge in [0, 0.05) is 24.3 Å². The molecule has 0 heterocycles. The predicted octanol–water partition coefficient (Wildman–Crippen LogP) is 2.62. The van der Waals surface area contributed by atoms with Gasteiger partial charge < -0.3 is 4.90 Å². The van der Waals surface area contributed by atoms with Crippen molar-refractivity contribution in [2.45, 2.75) is 18.9 Å². The van der Waals surface area contributed by atoms with Crippen LogP contribution in [0.25, 0.3) is 0 Å². The summed E-state index contributed by atoms with van der Waals surface area (Å²) in [6.07, 6.45) is 3.98. The molecule has 0 spiro atoms. The number of anilines is 1. The van der Waals surface area contributed by atoms with E-state index in [-0.39, 0.29) is 11.3 Å². The molecule has 0 atom stereocenters. The quantitative estimate of drug-likeness (QED) is 0.453. The lowest BCUT2D eigenvalue weighted by molar-refractivity contribution is -0.385. The van der Waals surface area contributed by atoms with Gasteiger partial charge in [0.25, 0.3) is 5.69 Å². The fraction of sp³-hybridized carbons (Fsp3) is 0.308. The van der Waals surface area contributed by atoms with Gasteiger partial charge in [0.1, 0.15) is 11.6 Å². The summed E-state index contributed by atoms with van der Waals surface area (Å²) in [5, 5.41) is 19.8. The molecule has 1 aliphatic rings. The summed E-state index contributed by atoms with van der Waals surface area (Å²) in [6.45, 7) is 4.36. The zero-order valence-electron chi connectivity index (χ0n) is 9.87. The molecule has 0 amide bonds. The first-order valence-electron chi connectivity index (χ1n) is 5.73. The summed E-state index contributed by atoms with van der Waals surface area (Å²) in [6, 6.07) is 7.02. The van der Waals surface area contributed by atoms with Crippen LogP contribution in [0.15, 0.2) is 30.9 Å². The van der Waals surface area contributed by atoms with E-state index in [4.69, 9.17) is 5.26 Å². The third-order valence-corrected chi connectivity index (χ3v) is 2.94. The molecule has 1 saturated carbocycles. The van der Waals surface area contributed by atoms with Crippen LogP contribution in [0.3, 0.4) is 0 Å². The SMILES string of the molecule is C=CCN(c1ccc(C#N)c([N+](=O)[O-])c1)C1CC1. The molecule has 1 fully saturated rings. The minimum Gasteiger partial charge on any atom is -0.365 e. The Kier molecular flexibility index (Phi) is 3.28. The first-order chi connectivity index (χ1) is 8.67. The summed E-state index contributed by atoms with van der Waals surface area (Å²) in [5.41, 5.74) is 0.742. The maximum absolute atomic E-state index is 10.9. The third-order valence-electron chi connectivity index (χ3n) is 2.94. The fourth-order valence-electron chi connectivity index (χ4n) is 1.93. The standard InChI is InChI=1S/C13H13N3O2/c1-2-7-15(11-5-6-11)12-4-3-10(9-14)13(8-12)16(17)18/h2-4,8,11H,1,5-7H2. The molecule has 1 aromatic rings. The lowest BCUT2D eigenvalue weighted by Gasteiger charge is -2.22. The molecule has 1 aliphatic carbocycles. The highest BCUT2D eigenvalue weighted by atomic mass is 16.6. The molecule has 0 N–H and O–H groups in total. The largest absolute Gasteiger partial charge is 0.365 e. The Balaban J connectivity index is 2.38. The Bertz CT molecular complexity index is 530. The van der Waals surface area contributed by atoms with Gasteiger partial charge in [0.05, 0.1) is 4.92 Å². The van der Waals surface area contributed by atoms with E-state index in [0.29, 0.717) is 12.6 Å². The number of nitriles is 1. The minimum atomic E-state index is -0.513. The van der Waals surface area contributed by atoms with Crippen LogP contribution in [0.2, 0.25) is 0 Å². The van der Waals surface area contributed by atoms with Gasteiger partial charge in [0.2, 0.25) is 0 Å². The average Bonchev–Trinajstić information content (AvgIpc) is 3.19. The summed E-state index contributed by atoms with van der Waals surface area (Å²) in [4.78, 5) is 12.5. The minimum absolute atomic E-state index is 0.0955. The third kappa shape index (κ3) is 2.33. The van der Waals surface area contributed by atoms with Crippen molar-refractivity contribution in [2.24, 2.45) is 0 Å². The number of hydrogen-bond donors (Lipinski definition) is 0. The van der Waals surface area contributed by atoms with Gasteiger partial charge in [-0.15, -0.1) is 6.58 Å². The summed E-state index contributed by atoms with van der Waals surface area (Å²) in [7, 11) is 0. The van der Waals surface area contributed by atoms with Crippen molar-refractivity contribution < 1.29 is 4.92 Å². The maximum Gasteiger partial charge on any atom is 0.289 e. The van der Waals surface area contributed by atoms with Crippen LogP contribution in [0, 0.1) is 21.4 Å². The van der Waals surface area contributed by atoms with Gasteiger partial charge in [-0.05, 0) is 25.0 Å². The first kappa shape index (κ1) is 12.1. The number of nitrogens with zero attached hydrogens (tertiary/aromatic N) is 3. The predicted molar refractivity (Wildman–Crippen MR) is 68.4 cm³/mol. The van der Waals surface area contributed by atoms with E-state index >= 15 is 0 Å². The molecular weight excluding hydrogens is 230 g/mol. The van der Waals surface area contributed by atoms with Crippen LogP contribution >= 0.6 is 0 Å². The topological polar surface area (TPSA) is 70.2 Å². The van der Waals surface area contributed by atoms with Crippen LogP contribution < -0.4 is 4.90 Å². The second kappa shape index (κ2) is 4.88. The van der Waals surface area contributed by atoms with E-state index in [1.54, 1.807) is 12.1 Å². The van der Waals surface area contributed by atoms with Crippen molar-refractivity contribution in [3.8, 4) is 6.07 Å². The number of benzene rings is 1. The molecule has 5 heteroatoms. The second-order valence-electron chi connectivity index (χ2n) is 4.24. The van der Waals surface area contributed by atoms with Crippen LogP contribution in [-0.2, 0) is 0 Å². The molecule has 5 nitrogen and oxygen atoms in total. The smallest absolute Gasteiger partial charge is 0.289 e. The van der Waals surface area contributed by atoms with Crippen LogP contribution in [0.5, 0.6) is 0 Å². The van der Waals surface area contributed by atoms with Crippen molar-refractivity contribution in [1.82, 2.24) is 0 Å². The van der Waals surface area contributed by atoms with Gasteiger partial charge in [-0.1, -0.05) is 6.08 Å². The van der Waals surface area contributed by atoms with E-state index in [9.17, 15) is 10.1 Å². The summed E-state index contributed by atoms with van der Waals surface area (Å²) >= 11 is 0. The van der Waals surface area contributed by atoms with Crippen molar-refractivity contribution in [1.29, 1.82) is 5.26 Å². The Hall–Kier alpha value is -2.35. The lowest BCUT2D eigenvalue weighted by atomic mass is 10.1. The van der Waals surface area contributed by atoms with Gasteiger partial charge in [-0.2, -0.15) is 5.26 Å². The molecule has 0 radical (unpaired) electrons. The highest BCUT2D eigenvalue weighted by Gasteiger charge is 2.29. The lowest BCUT2D eigenvalue weighted by Crippen LogP contribution is -2.25. The summed E-state index contributed by atoms with van der Waals surface area (Å²) < 4.78 is 0. The first-order valence-corrected chi connectivity index (χ1v) is 5.73. The molecule has 0 aliphatic heterocycles. The van der Waals surface area contributed by atoms with Gasteiger partial charge in [-0.3, -0.25) is 10.1 Å². The van der Waals surface area contributed by atoms with Gasteiger partial charge in [-0.25, -0.2) is 0 Å². The maximum atomic E-state index is 10.9. The van der Waals surface area contributed by atoms with Crippen molar-refractivity contribution in [2.75, 3.05) is 11.4 Å². The fourth-order valence-corrected chi connectivity index (χ4v) is 1.93. The van der Waals surface area contributed by atoms with Crippen molar-refractivity contribution in [3.63, 3.8) is 0 Å². The normalized spacial score (nSPS) is 13.7. The van der Waals surface area contributed by atoms with E-state index in [1.807, 2.05) is 6.07 Å². The molecule has 2 rings (SSSR count). The Morgan fingerprint density at radius 1 is 1.61 bits per heavy atom. The number of rotatable bonds is 5. The van der Waals surface area contributed by atoms with Gasteiger partial charge in [0.15, 0.2) is 0 Å². The Morgan fingerprint density at radius 2 is 2.33 bits per heavy atom. The zero-order chi connectivity index (χ0) is 13.1. The summed E-state index contributed by atoms with van der Waals surface area (Å²) in [5.74, 6) is 0. The van der Waals surface area contributed by atoms with E-state index in [0.717, 1.165) is 18.5 Å². The molecule has 18 heavy (non-hydrogen) atoms. The monoisotopic (exact) mass is 243 g/mol. The molecule has 1 aromatic carbocycles. The van der Waals surface area contributed by atoms with E-state index in [2.05, 4.69) is 11.5 Å². The molecule has 0 saturated heterocycles. The Morgan fingerprint density at radius 3 is 2.83 bits per heavy atom. The average molecular weight is 243 g/mol. The molecule has 0 aromatic heterocycles. The Labute approximate surface area is 105 Å². The number of hydrogen-bond acceptors (Lipinski definition) is 4. The molecule has 0 bridgehead atoms. The highest BCUT2D eigenvalue weighted by Crippen LogP contribution is 2.34. The number of nitro benzene ring substituents is 1. The zero-order valence-corrected chi connectivity index (χ0v) is 9.87. The molecular formula is C13H13N3O2. The van der Waals surface area contributed by atoms with Gasteiger partial charge >= 0.3 is 0 Å². The van der Waals surface area contributed by atoms with Crippen molar-refractivity contribution in [3.05, 3.63) is 46.5 Å². The van der Waals surface area contributed by atoms with Crippen LogP contribution in [0.1, 0.15) is 18.4 Å². The second-order valence-corrected chi connectivity index (χ2v) is 4.24. The number of nitro groups is 1. The molecule has 0 unspecified atom stereocenters. The highest BCUT2D eigenvalue weighted by molar-refractivity contribution is 5.61. The van der Waals surface area contributed by atoms with E-state index < -0.39 is 4.92 Å². The van der Waals surface area contributed by atoms with E-state index in [1.165, 1.54) is 12.1 Å².